The van der Waals surface area contributed by atoms with Gasteiger partial charge in [0.1, 0.15) is 16.7 Å². The van der Waals surface area contributed by atoms with Crippen LogP contribution in [-0.2, 0) is 0 Å². The molecular weight excluding hydrogens is 545 g/mol. The quantitative estimate of drug-likeness (QED) is 0.195. The van der Waals surface area contributed by atoms with E-state index in [4.69, 9.17) is 8.83 Å². The van der Waals surface area contributed by atoms with Gasteiger partial charge in [-0.1, -0.05) is 91.0 Å². The molecule has 0 N–H and O–H groups in total. The third-order valence-electron chi connectivity index (χ3n) is 8.93. The van der Waals surface area contributed by atoms with Crippen molar-refractivity contribution in [1.82, 2.24) is 0 Å². The number of thiophene rings is 1. The van der Waals surface area contributed by atoms with Gasteiger partial charge in [0.25, 0.3) is 0 Å². The summed E-state index contributed by atoms with van der Waals surface area (Å²) in [7, 11) is 0. The van der Waals surface area contributed by atoms with Gasteiger partial charge in [-0.25, -0.2) is 0 Å². The Kier molecular flexibility index (Phi) is 4.63. The van der Waals surface area contributed by atoms with E-state index in [1.807, 2.05) is 23.5 Å². The molecule has 0 aliphatic heterocycles. The zero-order valence-corrected chi connectivity index (χ0v) is 23.7. The summed E-state index contributed by atoms with van der Waals surface area (Å²) in [4.78, 5) is 0. The third-order valence-corrected chi connectivity index (χ3v) is 10.1. The van der Waals surface area contributed by atoms with E-state index in [9.17, 15) is 0 Å². The smallest absolute Gasteiger partial charge is 0.147 e. The lowest BCUT2D eigenvalue weighted by molar-refractivity contribution is 0.615. The fraction of sp³-hybridized carbons (Fsp3) is 0. The largest absolute Gasteiger partial charge is 0.464 e. The summed E-state index contributed by atoms with van der Waals surface area (Å²) in [6.07, 6.45) is 1.79. The highest BCUT2D eigenvalue weighted by molar-refractivity contribution is 7.25. The lowest BCUT2D eigenvalue weighted by Gasteiger charge is -2.18. The number of rotatable bonds is 2. The molecule has 43 heavy (non-hydrogen) atoms. The summed E-state index contributed by atoms with van der Waals surface area (Å²) in [6, 6.07) is 45.8. The molecule has 3 aromatic heterocycles. The summed E-state index contributed by atoms with van der Waals surface area (Å²) in [5.74, 6) is 0. The van der Waals surface area contributed by atoms with Gasteiger partial charge in [0.2, 0.25) is 0 Å². The summed E-state index contributed by atoms with van der Waals surface area (Å²) in [6.45, 7) is 0. The highest BCUT2D eigenvalue weighted by atomic mass is 32.1. The molecule has 0 atom stereocenters. The Morgan fingerprint density at radius 2 is 1.05 bits per heavy atom. The van der Waals surface area contributed by atoms with E-state index in [0.29, 0.717) is 0 Å². The van der Waals surface area contributed by atoms with Crippen LogP contribution in [0, 0.1) is 0 Å². The van der Waals surface area contributed by atoms with Crippen molar-refractivity contribution in [3.05, 3.63) is 134 Å². The number of fused-ring (bicyclic) bond motifs is 9. The third kappa shape index (κ3) is 3.17. The second-order valence-electron chi connectivity index (χ2n) is 11.2. The molecule has 3 heterocycles. The van der Waals surface area contributed by atoms with Crippen LogP contribution in [0.15, 0.2) is 142 Å². The molecule has 0 saturated heterocycles. The van der Waals surface area contributed by atoms with Gasteiger partial charge in [-0.2, -0.15) is 0 Å². The summed E-state index contributed by atoms with van der Waals surface area (Å²) < 4.78 is 15.5. The monoisotopic (exact) mass is 566 g/mol. The molecule has 0 unspecified atom stereocenters. The van der Waals surface area contributed by atoms with Crippen molar-refractivity contribution < 1.29 is 8.83 Å². The molecule has 3 heteroatoms. The van der Waals surface area contributed by atoms with Gasteiger partial charge in [-0.05, 0) is 69.1 Å². The first-order valence-corrected chi connectivity index (χ1v) is 15.3. The maximum Gasteiger partial charge on any atom is 0.147 e. The number of furan rings is 2. The van der Waals surface area contributed by atoms with E-state index < -0.39 is 0 Å². The van der Waals surface area contributed by atoms with Crippen LogP contribution in [0.1, 0.15) is 0 Å². The van der Waals surface area contributed by atoms with Crippen LogP contribution in [0.5, 0.6) is 0 Å². The molecule has 0 radical (unpaired) electrons. The highest BCUT2D eigenvalue weighted by Gasteiger charge is 2.24. The molecule has 0 amide bonds. The van der Waals surface area contributed by atoms with Gasteiger partial charge >= 0.3 is 0 Å². The van der Waals surface area contributed by atoms with Crippen molar-refractivity contribution in [3.63, 3.8) is 0 Å². The first-order valence-electron chi connectivity index (χ1n) is 14.5. The van der Waals surface area contributed by atoms with Crippen LogP contribution in [0.2, 0.25) is 0 Å². The fourth-order valence-electron chi connectivity index (χ4n) is 7.11. The minimum atomic E-state index is 0.848. The summed E-state index contributed by atoms with van der Waals surface area (Å²) in [5, 5.41) is 10.7. The lowest BCUT2D eigenvalue weighted by Crippen LogP contribution is -1.91. The van der Waals surface area contributed by atoms with Crippen molar-refractivity contribution in [2.75, 3.05) is 0 Å². The SMILES string of the molecule is c1ccc2c(c1)oc1c(-c3c4ccccc4c(-c4ccc5sc6ccccc6c5c4)c4ccccc34)c3occc3cc12. The van der Waals surface area contributed by atoms with Gasteiger partial charge < -0.3 is 8.83 Å². The molecule has 7 aromatic carbocycles. The Bertz CT molecular complexity index is 2680. The van der Waals surface area contributed by atoms with Gasteiger partial charge in [0, 0.05) is 41.9 Å². The van der Waals surface area contributed by atoms with Crippen LogP contribution in [0.4, 0.5) is 0 Å². The molecular formula is C40H22O2S. The predicted molar refractivity (Wildman–Crippen MR) is 182 cm³/mol. The van der Waals surface area contributed by atoms with Crippen molar-refractivity contribution in [2.45, 2.75) is 0 Å². The molecule has 0 aliphatic rings. The van der Waals surface area contributed by atoms with Crippen molar-refractivity contribution in [3.8, 4) is 22.3 Å². The van der Waals surface area contributed by atoms with E-state index in [1.165, 1.54) is 52.8 Å². The lowest BCUT2D eigenvalue weighted by atomic mass is 9.85. The van der Waals surface area contributed by atoms with E-state index >= 15 is 0 Å². The molecule has 10 rings (SSSR count). The van der Waals surface area contributed by atoms with Gasteiger partial charge in [-0.15, -0.1) is 11.3 Å². The van der Waals surface area contributed by atoms with E-state index in [-0.39, 0.29) is 0 Å². The Morgan fingerprint density at radius 3 is 1.81 bits per heavy atom. The zero-order valence-electron chi connectivity index (χ0n) is 22.9. The number of para-hydroxylation sites is 1. The van der Waals surface area contributed by atoms with Crippen molar-refractivity contribution >= 4 is 86.0 Å². The molecule has 0 fully saturated rings. The van der Waals surface area contributed by atoms with Crippen molar-refractivity contribution in [2.24, 2.45) is 0 Å². The standard InChI is InChI=1S/C40H22O2S/c1-3-13-29-27(11-1)36(23-17-18-35-31(21-23)26-10-6-8-16-34(26)43-35)28-12-2-4-14-30(28)37(29)38-39-24(19-20-41-39)22-32-25-9-5-7-15-33(25)42-40(32)38/h1-22H. The van der Waals surface area contributed by atoms with E-state index in [1.54, 1.807) is 6.26 Å². The molecule has 0 saturated carbocycles. The Morgan fingerprint density at radius 1 is 0.419 bits per heavy atom. The van der Waals surface area contributed by atoms with Crippen LogP contribution in [0.3, 0.4) is 0 Å². The molecule has 0 spiro atoms. The predicted octanol–water partition coefficient (Wildman–Crippen LogP) is 12.3. The first-order chi connectivity index (χ1) is 21.3. The molecule has 2 nitrogen and oxygen atoms in total. The molecule has 200 valence electrons. The second-order valence-corrected chi connectivity index (χ2v) is 12.3. The second kappa shape index (κ2) is 8.57. The molecule has 0 aliphatic carbocycles. The zero-order chi connectivity index (χ0) is 28.1. The molecule has 0 bridgehead atoms. The van der Waals surface area contributed by atoms with Gasteiger partial charge in [0.05, 0.1) is 11.8 Å². The minimum Gasteiger partial charge on any atom is -0.464 e. The summed E-state index contributed by atoms with van der Waals surface area (Å²) in [5.41, 5.74) is 7.21. The van der Waals surface area contributed by atoms with E-state index in [2.05, 4.69) is 115 Å². The van der Waals surface area contributed by atoms with Crippen LogP contribution >= 0.6 is 11.3 Å². The fourth-order valence-corrected chi connectivity index (χ4v) is 8.19. The first kappa shape index (κ1) is 23.2. The summed E-state index contributed by atoms with van der Waals surface area (Å²) >= 11 is 1.86. The van der Waals surface area contributed by atoms with Gasteiger partial charge in [-0.3, -0.25) is 0 Å². The van der Waals surface area contributed by atoms with Crippen molar-refractivity contribution in [1.29, 1.82) is 0 Å². The average molecular weight is 567 g/mol. The van der Waals surface area contributed by atoms with Crippen LogP contribution in [-0.4, -0.2) is 0 Å². The topological polar surface area (TPSA) is 26.3 Å². The number of hydrogen-bond acceptors (Lipinski definition) is 3. The maximum atomic E-state index is 6.65. The Hall–Kier alpha value is -5.38. The highest BCUT2D eigenvalue weighted by Crippen LogP contribution is 2.49. The normalized spacial score (nSPS) is 12.2. The minimum absolute atomic E-state index is 0.848. The van der Waals surface area contributed by atoms with Gasteiger partial charge in [0.15, 0.2) is 0 Å². The molecule has 10 aromatic rings. The number of benzene rings is 7. The number of hydrogen-bond donors (Lipinski definition) is 0. The van der Waals surface area contributed by atoms with E-state index in [0.717, 1.165) is 44.0 Å². The average Bonchev–Trinajstić information content (AvgIpc) is 3.78. The van der Waals surface area contributed by atoms with Crippen LogP contribution in [0.25, 0.3) is 96.9 Å². The van der Waals surface area contributed by atoms with Crippen LogP contribution < -0.4 is 0 Å². The Balaban J connectivity index is 1.38. The Labute approximate surface area is 250 Å². The maximum absolute atomic E-state index is 6.65.